The van der Waals surface area contributed by atoms with Gasteiger partial charge in [0.05, 0.1) is 7.11 Å². The molecule has 0 unspecified atom stereocenters. The lowest BCUT2D eigenvalue weighted by Crippen LogP contribution is -2.23. The van der Waals surface area contributed by atoms with E-state index in [0.717, 1.165) is 0 Å². The van der Waals surface area contributed by atoms with Crippen molar-refractivity contribution in [1.82, 2.24) is 0 Å². The molecule has 0 amide bonds. The molecular formula is C9H10BrClFNO2. The molecule has 0 heterocycles. The minimum absolute atomic E-state index is 0. The summed E-state index contributed by atoms with van der Waals surface area (Å²) in [4.78, 5) is 11.1. The summed E-state index contributed by atoms with van der Waals surface area (Å²) in [5.41, 5.74) is 5.92. The Morgan fingerprint density at radius 2 is 2.20 bits per heavy atom. The normalized spacial score (nSPS) is 11.5. The Labute approximate surface area is 101 Å². The van der Waals surface area contributed by atoms with Crippen LogP contribution in [0.3, 0.4) is 0 Å². The van der Waals surface area contributed by atoms with E-state index < -0.39 is 17.8 Å². The van der Waals surface area contributed by atoms with Gasteiger partial charge >= 0.3 is 5.97 Å². The zero-order chi connectivity index (χ0) is 10.7. The molecule has 2 N–H and O–H groups in total. The van der Waals surface area contributed by atoms with E-state index in [1.165, 1.54) is 25.3 Å². The number of hydrogen-bond acceptors (Lipinski definition) is 3. The quantitative estimate of drug-likeness (QED) is 0.852. The van der Waals surface area contributed by atoms with Crippen LogP contribution < -0.4 is 5.73 Å². The fraction of sp³-hybridized carbons (Fsp3) is 0.222. The molecule has 0 bridgehead atoms. The number of methoxy groups -OCH3 is 1. The molecule has 0 radical (unpaired) electrons. The van der Waals surface area contributed by atoms with Gasteiger partial charge in [-0.2, -0.15) is 0 Å². The smallest absolute Gasteiger partial charge is 0.327 e. The van der Waals surface area contributed by atoms with E-state index >= 15 is 0 Å². The van der Waals surface area contributed by atoms with Gasteiger partial charge in [-0.15, -0.1) is 12.4 Å². The van der Waals surface area contributed by atoms with Crippen molar-refractivity contribution in [3.05, 3.63) is 34.1 Å². The van der Waals surface area contributed by atoms with Gasteiger partial charge in [-0.05, 0) is 23.8 Å². The van der Waals surface area contributed by atoms with E-state index in [1.807, 2.05) is 0 Å². The van der Waals surface area contributed by atoms with E-state index in [0.29, 0.717) is 10.0 Å². The van der Waals surface area contributed by atoms with Crippen molar-refractivity contribution in [3.8, 4) is 0 Å². The summed E-state index contributed by atoms with van der Waals surface area (Å²) in [5.74, 6) is -1.04. The summed E-state index contributed by atoms with van der Waals surface area (Å²) in [6.07, 6.45) is 0. The summed E-state index contributed by atoms with van der Waals surface area (Å²) in [5, 5.41) is 0. The maximum absolute atomic E-state index is 12.8. The minimum Gasteiger partial charge on any atom is -0.468 e. The number of benzene rings is 1. The predicted octanol–water partition coefficient (Wildman–Crippen LogP) is 2.18. The molecule has 0 saturated heterocycles. The summed E-state index contributed by atoms with van der Waals surface area (Å²) in [6, 6.07) is 3.00. The van der Waals surface area contributed by atoms with Gasteiger partial charge in [0.15, 0.2) is 0 Å². The van der Waals surface area contributed by atoms with Gasteiger partial charge in [-0.3, -0.25) is 4.79 Å². The lowest BCUT2D eigenvalue weighted by atomic mass is 10.1. The Bertz CT molecular complexity index is 362. The zero-order valence-corrected chi connectivity index (χ0v) is 10.3. The summed E-state index contributed by atoms with van der Waals surface area (Å²) in [6.45, 7) is 0. The number of hydrogen-bond donors (Lipinski definition) is 1. The molecule has 84 valence electrons. The number of carbonyl (C=O) groups excluding carboxylic acids is 1. The highest BCUT2D eigenvalue weighted by Gasteiger charge is 2.19. The van der Waals surface area contributed by atoms with Crippen LogP contribution in [-0.4, -0.2) is 13.1 Å². The second kappa shape index (κ2) is 6.05. The number of rotatable bonds is 2. The summed E-state index contributed by atoms with van der Waals surface area (Å²) in [7, 11) is 1.23. The van der Waals surface area contributed by atoms with Crippen LogP contribution >= 0.6 is 28.3 Å². The molecule has 0 spiro atoms. The van der Waals surface area contributed by atoms with Crippen molar-refractivity contribution >= 4 is 34.3 Å². The van der Waals surface area contributed by atoms with Crippen molar-refractivity contribution in [1.29, 1.82) is 0 Å². The topological polar surface area (TPSA) is 52.3 Å². The molecule has 0 aliphatic heterocycles. The molecule has 15 heavy (non-hydrogen) atoms. The van der Waals surface area contributed by atoms with Crippen LogP contribution in [-0.2, 0) is 9.53 Å². The number of halogens is 3. The van der Waals surface area contributed by atoms with Crippen molar-refractivity contribution in [2.45, 2.75) is 6.04 Å². The van der Waals surface area contributed by atoms with Crippen molar-refractivity contribution in [3.63, 3.8) is 0 Å². The average molecular weight is 299 g/mol. The Morgan fingerprint density at radius 1 is 1.60 bits per heavy atom. The van der Waals surface area contributed by atoms with E-state index in [4.69, 9.17) is 5.73 Å². The van der Waals surface area contributed by atoms with E-state index in [1.54, 1.807) is 0 Å². The average Bonchev–Trinajstić information content (AvgIpc) is 2.19. The first-order chi connectivity index (χ1) is 6.56. The molecular weight excluding hydrogens is 288 g/mol. The van der Waals surface area contributed by atoms with Crippen LogP contribution in [0.15, 0.2) is 22.7 Å². The molecule has 1 atom stereocenters. The Hall–Kier alpha value is -0.650. The van der Waals surface area contributed by atoms with E-state index in [2.05, 4.69) is 20.7 Å². The lowest BCUT2D eigenvalue weighted by molar-refractivity contribution is -0.142. The fourth-order valence-corrected chi connectivity index (χ4v) is 1.50. The van der Waals surface area contributed by atoms with Gasteiger partial charge in [0, 0.05) is 4.47 Å². The maximum atomic E-state index is 12.8. The number of esters is 1. The highest BCUT2D eigenvalue weighted by atomic mass is 79.9. The van der Waals surface area contributed by atoms with Crippen LogP contribution in [0.25, 0.3) is 0 Å². The van der Waals surface area contributed by atoms with E-state index in [-0.39, 0.29) is 12.4 Å². The molecule has 0 aromatic heterocycles. The molecule has 0 aliphatic carbocycles. The van der Waals surface area contributed by atoms with E-state index in [9.17, 15) is 9.18 Å². The molecule has 3 nitrogen and oxygen atoms in total. The third-order valence-electron chi connectivity index (χ3n) is 1.75. The molecule has 0 aliphatic rings. The van der Waals surface area contributed by atoms with Crippen molar-refractivity contribution in [2.75, 3.05) is 7.11 Å². The van der Waals surface area contributed by atoms with Crippen LogP contribution in [0.5, 0.6) is 0 Å². The van der Waals surface area contributed by atoms with Gasteiger partial charge in [-0.25, -0.2) is 4.39 Å². The van der Waals surface area contributed by atoms with Gasteiger partial charge in [0.2, 0.25) is 0 Å². The van der Waals surface area contributed by atoms with Crippen molar-refractivity contribution in [2.24, 2.45) is 5.73 Å². The molecule has 1 rings (SSSR count). The lowest BCUT2D eigenvalue weighted by Gasteiger charge is -2.11. The first-order valence-electron chi connectivity index (χ1n) is 3.84. The number of carbonyl (C=O) groups is 1. The second-order valence-electron chi connectivity index (χ2n) is 2.67. The Morgan fingerprint density at radius 3 is 2.73 bits per heavy atom. The van der Waals surface area contributed by atoms with Gasteiger partial charge < -0.3 is 10.5 Å². The third kappa shape index (κ3) is 3.44. The van der Waals surface area contributed by atoms with Gasteiger partial charge in [0.1, 0.15) is 11.9 Å². The maximum Gasteiger partial charge on any atom is 0.327 e. The van der Waals surface area contributed by atoms with Gasteiger partial charge in [0.25, 0.3) is 0 Å². The van der Waals surface area contributed by atoms with Crippen LogP contribution in [0.4, 0.5) is 4.39 Å². The van der Waals surface area contributed by atoms with Crippen LogP contribution in [0.1, 0.15) is 11.6 Å². The SMILES string of the molecule is COC(=O)[C@H](N)c1cc(F)ccc1Br.Cl. The monoisotopic (exact) mass is 297 g/mol. The number of nitrogens with two attached hydrogens (primary N) is 1. The first kappa shape index (κ1) is 14.3. The third-order valence-corrected chi connectivity index (χ3v) is 2.47. The van der Waals surface area contributed by atoms with Crippen LogP contribution in [0.2, 0.25) is 0 Å². The first-order valence-corrected chi connectivity index (χ1v) is 4.64. The minimum atomic E-state index is -0.968. The highest BCUT2D eigenvalue weighted by molar-refractivity contribution is 9.10. The fourth-order valence-electron chi connectivity index (χ4n) is 1.01. The standard InChI is InChI=1S/C9H9BrFNO2.ClH/c1-14-9(13)8(12)6-4-5(11)2-3-7(6)10;/h2-4,8H,12H2,1H3;1H/t8-;/m1./s1. The molecule has 6 heteroatoms. The summed E-state index contributed by atoms with van der Waals surface area (Å²) >= 11 is 3.17. The predicted molar refractivity (Wildman–Crippen MR) is 60.3 cm³/mol. The second-order valence-corrected chi connectivity index (χ2v) is 3.52. The Kier molecular flexibility index (Phi) is 5.79. The molecule has 1 aromatic rings. The number of ether oxygens (including phenoxy) is 1. The largest absolute Gasteiger partial charge is 0.468 e. The summed E-state index contributed by atoms with van der Waals surface area (Å²) < 4.78 is 17.9. The van der Waals surface area contributed by atoms with Gasteiger partial charge in [-0.1, -0.05) is 15.9 Å². The van der Waals surface area contributed by atoms with Crippen molar-refractivity contribution < 1.29 is 13.9 Å². The highest BCUT2D eigenvalue weighted by Crippen LogP contribution is 2.23. The Balaban J connectivity index is 0.00000196. The molecule has 1 aromatic carbocycles. The molecule has 0 fully saturated rings. The van der Waals surface area contributed by atoms with Crippen LogP contribution in [0, 0.1) is 5.82 Å². The zero-order valence-electron chi connectivity index (χ0n) is 7.87. The molecule has 0 saturated carbocycles.